The van der Waals surface area contributed by atoms with Crippen LogP contribution in [0.1, 0.15) is 31.2 Å². The lowest BCUT2D eigenvalue weighted by molar-refractivity contribution is -0.176. The number of methoxy groups -OCH3 is 1. The summed E-state index contributed by atoms with van der Waals surface area (Å²) < 4.78 is 5.01. The Balaban J connectivity index is 2.05. The molecule has 10 nitrogen and oxygen atoms in total. The molecule has 0 unspecified atom stereocenters. The standard InChI is InChI=1S/C19H30N4O6/c1-29-17-6-5-12(8-16(17)24)10-22-11-13(9-15(22)19(26)27)23(28)18(25)14(21)4-2-3-7-20/h5-6,8,13-15,24,28H,2-4,7,9-11,20-21H2,1H3,(H,26,27)/t13-,14+,15+/m1/s1. The van der Waals surface area contributed by atoms with Gasteiger partial charge in [-0.25, -0.2) is 5.06 Å². The summed E-state index contributed by atoms with van der Waals surface area (Å²) in [5.74, 6) is -1.40. The number of nitrogens with two attached hydrogens (primary N) is 2. The maximum absolute atomic E-state index is 12.4. The largest absolute Gasteiger partial charge is 0.504 e. The van der Waals surface area contributed by atoms with Crippen LogP contribution in [-0.2, 0) is 16.1 Å². The fourth-order valence-corrected chi connectivity index (χ4v) is 3.54. The number of likely N-dealkylation sites (tertiary alicyclic amines) is 1. The molecular weight excluding hydrogens is 380 g/mol. The number of aromatic hydroxyl groups is 1. The topological polar surface area (TPSA) is 163 Å². The number of benzene rings is 1. The molecule has 162 valence electrons. The minimum absolute atomic E-state index is 0.0463. The Bertz CT molecular complexity index is 716. The Morgan fingerprint density at radius 3 is 2.69 bits per heavy atom. The van der Waals surface area contributed by atoms with Crippen molar-refractivity contribution in [2.75, 3.05) is 20.2 Å². The highest BCUT2D eigenvalue weighted by Gasteiger charge is 2.41. The summed E-state index contributed by atoms with van der Waals surface area (Å²) in [6.45, 7) is 0.902. The number of amides is 1. The Hall–Kier alpha value is -2.40. The van der Waals surface area contributed by atoms with Crippen molar-refractivity contribution in [3.05, 3.63) is 23.8 Å². The maximum atomic E-state index is 12.4. The van der Waals surface area contributed by atoms with Gasteiger partial charge >= 0.3 is 5.97 Å². The number of unbranched alkanes of at least 4 members (excludes halogenated alkanes) is 1. The SMILES string of the molecule is COc1ccc(CN2C[C@H](N(O)C(=O)[C@@H](N)CCCCN)C[C@H]2C(=O)O)cc1O. The van der Waals surface area contributed by atoms with Crippen molar-refractivity contribution in [3.8, 4) is 11.5 Å². The van der Waals surface area contributed by atoms with E-state index < -0.39 is 30.0 Å². The number of ether oxygens (including phenoxy) is 1. The van der Waals surface area contributed by atoms with Crippen LogP contribution in [0.2, 0.25) is 0 Å². The van der Waals surface area contributed by atoms with Gasteiger partial charge in [-0.15, -0.1) is 0 Å². The fourth-order valence-electron chi connectivity index (χ4n) is 3.54. The highest BCUT2D eigenvalue weighted by atomic mass is 16.5. The van der Waals surface area contributed by atoms with E-state index in [0.717, 1.165) is 6.42 Å². The zero-order valence-corrected chi connectivity index (χ0v) is 16.5. The van der Waals surface area contributed by atoms with Gasteiger partial charge in [0.05, 0.1) is 19.2 Å². The first-order valence-corrected chi connectivity index (χ1v) is 9.58. The van der Waals surface area contributed by atoms with E-state index in [9.17, 15) is 25.0 Å². The molecule has 10 heteroatoms. The van der Waals surface area contributed by atoms with E-state index in [0.29, 0.717) is 35.8 Å². The lowest BCUT2D eigenvalue weighted by Crippen LogP contribution is -2.47. The van der Waals surface area contributed by atoms with Crippen molar-refractivity contribution < 1.29 is 29.7 Å². The molecule has 1 aromatic carbocycles. The molecule has 1 aromatic rings. The molecule has 1 heterocycles. The Morgan fingerprint density at radius 1 is 1.38 bits per heavy atom. The lowest BCUT2D eigenvalue weighted by atomic mass is 10.1. The quantitative estimate of drug-likeness (QED) is 0.204. The molecular formula is C19H30N4O6. The second-order valence-corrected chi connectivity index (χ2v) is 7.25. The molecule has 1 saturated heterocycles. The smallest absolute Gasteiger partial charge is 0.321 e. The van der Waals surface area contributed by atoms with E-state index in [4.69, 9.17) is 16.2 Å². The van der Waals surface area contributed by atoms with Gasteiger partial charge in [0.25, 0.3) is 5.91 Å². The third-order valence-electron chi connectivity index (χ3n) is 5.15. The predicted molar refractivity (Wildman–Crippen MR) is 104 cm³/mol. The van der Waals surface area contributed by atoms with Crippen molar-refractivity contribution in [2.24, 2.45) is 11.5 Å². The van der Waals surface area contributed by atoms with Crippen LogP contribution in [0, 0.1) is 0 Å². The van der Waals surface area contributed by atoms with Gasteiger partial charge in [0.1, 0.15) is 6.04 Å². The van der Waals surface area contributed by atoms with Crippen LogP contribution >= 0.6 is 0 Å². The van der Waals surface area contributed by atoms with Gasteiger partial charge in [0, 0.05) is 13.1 Å². The molecule has 7 N–H and O–H groups in total. The average molecular weight is 410 g/mol. The number of carboxylic acids is 1. The Labute approximate surface area is 169 Å². The summed E-state index contributed by atoms with van der Waals surface area (Å²) in [5.41, 5.74) is 12.0. The predicted octanol–water partition coefficient (Wildman–Crippen LogP) is 0.102. The third kappa shape index (κ3) is 5.80. The van der Waals surface area contributed by atoms with Gasteiger partial charge in [0.2, 0.25) is 0 Å². The van der Waals surface area contributed by atoms with Crippen LogP contribution in [0.3, 0.4) is 0 Å². The number of hydrogen-bond donors (Lipinski definition) is 5. The molecule has 0 bridgehead atoms. The van der Waals surface area contributed by atoms with Crippen LogP contribution in [0.5, 0.6) is 11.5 Å². The Morgan fingerprint density at radius 2 is 2.10 bits per heavy atom. The van der Waals surface area contributed by atoms with Crippen LogP contribution in [0.25, 0.3) is 0 Å². The van der Waals surface area contributed by atoms with Gasteiger partial charge in [-0.1, -0.05) is 12.5 Å². The van der Waals surface area contributed by atoms with Crippen molar-refractivity contribution in [1.29, 1.82) is 0 Å². The van der Waals surface area contributed by atoms with Crippen LogP contribution in [-0.4, -0.2) is 75.6 Å². The number of phenolic OH excluding ortho intramolecular Hbond substituents is 1. The molecule has 0 aromatic heterocycles. The molecule has 1 aliphatic rings. The van der Waals surface area contributed by atoms with E-state index >= 15 is 0 Å². The highest BCUT2D eigenvalue weighted by molar-refractivity contribution is 5.81. The number of carboxylic acid groups (broad SMARTS) is 1. The summed E-state index contributed by atoms with van der Waals surface area (Å²) in [5, 5.41) is 30.4. The van der Waals surface area contributed by atoms with E-state index in [1.807, 2.05) is 0 Å². The molecule has 0 aliphatic carbocycles. The number of phenols is 1. The summed E-state index contributed by atoms with van der Waals surface area (Å²) in [4.78, 5) is 25.7. The lowest BCUT2D eigenvalue weighted by Gasteiger charge is -2.25. The summed E-state index contributed by atoms with van der Waals surface area (Å²) in [6.07, 6.45) is 1.89. The zero-order valence-electron chi connectivity index (χ0n) is 16.5. The van der Waals surface area contributed by atoms with Crippen molar-refractivity contribution >= 4 is 11.9 Å². The first-order valence-electron chi connectivity index (χ1n) is 9.58. The molecule has 1 amide bonds. The number of hydroxylamine groups is 2. The number of carbonyl (C=O) groups excluding carboxylic acids is 1. The summed E-state index contributed by atoms with van der Waals surface area (Å²) >= 11 is 0. The molecule has 0 spiro atoms. The van der Waals surface area contributed by atoms with Crippen LogP contribution in [0.15, 0.2) is 18.2 Å². The minimum atomic E-state index is -1.04. The number of rotatable bonds is 10. The Kier molecular flexibility index (Phi) is 8.21. The summed E-state index contributed by atoms with van der Waals surface area (Å²) in [7, 11) is 1.44. The number of hydrogen-bond acceptors (Lipinski definition) is 8. The second-order valence-electron chi connectivity index (χ2n) is 7.25. The molecule has 2 rings (SSSR count). The van der Waals surface area contributed by atoms with E-state index in [1.54, 1.807) is 17.0 Å². The molecule has 0 radical (unpaired) electrons. The number of aliphatic carboxylic acids is 1. The third-order valence-corrected chi connectivity index (χ3v) is 5.15. The van der Waals surface area contributed by atoms with E-state index in [1.165, 1.54) is 13.2 Å². The number of nitrogens with zero attached hydrogens (tertiary/aromatic N) is 2. The molecule has 3 atom stereocenters. The number of carbonyl (C=O) groups is 2. The first kappa shape index (κ1) is 22.9. The summed E-state index contributed by atoms with van der Waals surface area (Å²) in [6, 6.07) is 2.40. The minimum Gasteiger partial charge on any atom is -0.504 e. The molecule has 1 aliphatic heterocycles. The van der Waals surface area contributed by atoms with Gasteiger partial charge in [-0.3, -0.25) is 19.7 Å². The van der Waals surface area contributed by atoms with Gasteiger partial charge in [0.15, 0.2) is 11.5 Å². The second kappa shape index (κ2) is 10.4. The first-order chi connectivity index (χ1) is 13.8. The fraction of sp³-hybridized carbons (Fsp3) is 0.579. The molecule has 1 fully saturated rings. The monoisotopic (exact) mass is 410 g/mol. The average Bonchev–Trinajstić information content (AvgIpc) is 3.11. The highest BCUT2D eigenvalue weighted by Crippen LogP contribution is 2.29. The van der Waals surface area contributed by atoms with Crippen LogP contribution in [0.4, 0.5) is 0 Å². The van der Waals surface area contributed by atoms with Gasteiger partial charge in [-0.05, 0) is 43.5 Å². The normalized spacial score (nSPS) is 20.4. The van der Waals surface area contributed by atoms with E-state index in [-0.39, 0.29) is 25.3 Å². The van der Waals surface area contributed by atoms with Gasteiger partial charge < -0.3 is 26.4 Å². The molecule has 29 heavy (non-hydrogen) atoms. The maximum Gasteiger partial charge on any atom is 0.321 e. The van der Waals surface area contributed by atoms with Crippen molar-refractivity contribution in [3.63, 3.8) is 0 Å². The van der Waals surface area contributed by atoms with Crippen molar-refractivity contribution in [1.82, 2.24) is 9.96 Å². The van der Waals surface area contributed by atoms with Crippen LogP contribution < -0.4 is 16.2 Å². The zero-order chi connectivity index (χ0) is 21.6. The van der Waals surface area contributed by atoms with E-state index in [2.05, 4.69) is 0 Å². The van der Waals surface area contributed by atoms with Crippen molar-refractivity contribution in [2.45, 2.75) is 50.4 Å². The van der Waals surface area contributed by atoms with Gasteiger partial charge in [-0.2, -0.15) is 0 Å². The molecule has 0 saturated carbocycles.